The Balaban J connectivity index is 3.20. The first-order valence-electron chi connectivity index (χ1n) is 4.19. The summed E-state index contributed by atoms with van der Waals surface area (Å²) in [6.07, 6.45) is 0. The van der Waals surface area contributed by atoms with E-state index in [9.17, 15) is 0 Å². The summed E-state index contributed by atoms with van der Waals surface area (Å²) >= 11 is 6.75. The first-order valence-corrected chi connectivity index (χ1v) is 5.77. The number of hydrogen-bond donors (Lipinski definition) is 3. The van der Waals surface area contributed by atoms with Gasteiger partial charge in [-0.05, 0) is 40.5 Å². The van der Waals surface area contributed by atoms with Crippen LogP contribution in [0.5, 0.6) is 0 Å². The Morgan fingerprint density at radius 1 is 1.21 bits per heavy atom. The van der Waals surface area contributed by atoms with Gasteiger partial charge in [0.05, 0.1) is 5.69 Å². The maximum Gasteiger partial charge on any atom is 0.0508 e. The van der Waals surface area contributed by atoms with Crippen molar-refractivity contribution >= 4 is 37.5 Å². The molecule has 0 radical (unpaired) electrons. The summed E-state index contributed by atoms with van der Waals surface area (Å²) in [5, 5.41) is 0. The minimum atomic E-state index is -0.246. The molecule has 0 aliphatic carbocycles. The number of rotatable bonds is 2. The van der Waals surface area contributed by atoms with Crippen molar-refractivity contribution in [2.45, 2.75) is 19.0 Å². The second kappa shape index (κ2) is 4.61. The van der Waals surface area contributed by atoms with Crippen LogP contribution in [0.25, 0.3) is 0 Å². The van der Waals surface area contributed by atoms with E-state index >= 15 is 0 Å². The lowest BCUT2D eigenvalue weighted by atomic mass is 10.0. The standard InChI is InChI=1S/C9H13Br2N3/c1-4(12)8(13)6-2-5(10)3-7(11)9(6)14/h2-4,8H,12-14H2,1H3. The van der Waals surface area contributed by atoms with E-state index in [0.29, 0.717) is 5.69 Å². The van der Waals surface area contributed by atoms with Crippen LogP contribution in [0.3, 0.4) is 0 Å². The predicted octanol–water partition coefficient (Wildman–Crippen LogP) is 2.14. The minimum absolute atomic E-state index is 0.126. The summed E-state index contributed by atoms with van der Waals surface area (Å²) in [6, 6.07) is 3.41. The van der Waals surface area contributed by atoms with Crippen molar-refractivity contribution in [3.63, 3.8) is 0 Å². The zero-order chi connectivity index (χ0) is 10.9. The van der Waals surface area contributed by atoms with E-state index in [0.717, 1.165) is 14.5 Å². The molecular formula is C9H13Br2N3. The highest BCUT2D eigenvalue weighted by atomic mass is 79.9. The van der Waals surface area contributed by atoms with Crippen molar-refractivity contribution in [3.8, 4) is 0 Å². The number of hydrogen-bond acceptors (Lipinski definition) is 3. The molecule has 0 amide bonds. The maximum absolute atomic E-state index is 5.93. The summed E-state index contributed by atoms with van der Waals surface area (Å²) in [4.78, 5) is 0. The molecule has 0 heterocycles. The van der Waals surface area contributed by atoms with Gasteiger partial charge in [-0.3, -0.25) is 0 Å². The summed E-state index contributed by atoms with van der Waals surface area (Å²) < 4.78 is 1.77. The van der Waals surface area contributed by atoms with Crippen LogP contribution in [-0.4, -0.2) is 6.04 Å². The van der Waals surface area contributed by atoms with Gasteiger partial charge in [0.1, 0.15) is 0 Å². The van der Waals surface area contributed by atoms with E-state index in [-0.39, 0.29) is 12.1 Å². The van der Waals surface area contributed by atoms with Gasteiger partial charge in [0.2, 0.25) is 0 Å². The number of benzene rings is 1. The molecule has 0 spiro atoms. The molecular weight excluding hydrogens is 310 g/mol. The van der Waals surface area contributed by atoms with Crippen LogP contribution in [0.4, 0.5) is 5.69 Å². The molecule has 0 aromatic heterocycles. The largest absolute Gasteiger partial charge is 0.398 e. The molecule has 2 unspecified atom stereocenters. The van der Waals surface area contributed by atoms with Crippen LogP contribution in [-0.2, 0) is 0 Å². The van der Waals surface area contributed by atoms with Gasteiger partial charge in [0.15, 0.2) is 0 Å². The Kier molecular flexibility index (Phi) is 3.94. The van der Waals surface area contributed by atoms with E-state index in [4.69, 9.17) is 17.2 Å². The Labute approximate surface area is 100 Å². The lowest BCUT2D eigenvalue weighted by molar-refractivity contribution is 0.590. The summed E-state index contributed by atoms with van der Waals surface area (Å²) in [6.45, 7) is 1.86. The van der Waals surface area contributed by atoms with Crippen LogP contribution >= 0.6 is 31.9 Å². The Hall–Kier alpha value is -0.100. The third kappa shape index (κ3) is 2.48. The summed E-state index contributed by atoms with van der Waals surface area (Å²) in [5.74, 6) is 0. The van der Waals surface area contributed by atoms with E-state index in [1.807, 2.05) is 19.1 Å². The van der Waals surface area contributed by atoms with Gasteiger partial charge >= 0.3 is 0 Å². The molecule has 0 aliphatic rings. The van der Waals surface area contributed by atoms with E-state index in [1.54, 1.807) is 0 Å². The van der Waals surface area contributed by atoms with E-state index < -0.39 is 0 Å². The van der Waals surface area contributed by atoms with Gasteiger partial charge in [-0.25, -0.2) is 0 Å². The number of nitrogens with two attached hydrogens (primary N) is 3. The van der Waals surface area contributed by atoms with Crippen molar-refractivity contribution in [2.75, 3.05) is 5.73 Å². The predicted molar refractivity (Wildman–Crippen MR) is 66.8 cm³/mol. The average molecular weight is 323 g/mol. The third-order valence-electron chi connectivity index (χ3n) is 2.05. The molecule has 1 aromatic rings. The van der Waals surface area contributed by atoms with Crippen molar-refractivity contribution in [1.82, 2.24) is 0 Å². The summed E-state index contributed by atoms with van der Waals surface area (Å²) in [7, 11) is 0. The van der Waals surface area contributed by atoms with Gasteiger partial charge in [-0.2, -0.15) is 0 Å². The zero-order valence-corrected chi connectivity index (χ0v) is 11.0. The Bertz CT molecular complexity index is 339. The SMILES string of the molecule is CC(N)C(N)c1cc(Br)cc(Br)c1N. The molecule has 0 aliphatic heterocycles. The van der Waals surface area contributed by atoms with Gasteiger partial charge in [0, 0.05) is 21.0 Å². The fraction of sp³-hybridized carbons (Fsp3) is 0.333. The normalized spacial score (nSPS) is 15.2. The van der Waals surface area contributed by atoms with Crippen molar-refractivity contribution < 1.29 is 0 Å². The molecule has 1 aromatic carbocycles. The first kappa shape index (κ1) is 12.0. The quantitative estimate of drug-likeness (QED) is 0.730. The molecule has 3 nitrogen and oxygen atoms in total. The Morgan fingerprint density at radius 2 is 1.79 bits per heavy atom. The molecule has 6 N–H and O–H groups in total. The molecule has 0 saturated heterocycles. The molecule has 0 saturated carbocycles. The van der Waals surface area contributed by atoms with Crippen molar-refractivity contribution in [3.05, 3.63) is 26.6 Å². The van der Waals surface area contributed by atoms with Crippen LogP contribution in [0.15, 0.2) is 21.1 Å². The first-order chi connectivity index (χ1) is 6.43. The lowest BCUT2D eigenvalue weighted by Gasteiger charge is -2.19. The third-order valence-corrected chi connectivity index (χ3v) is 3.17. The van der Waals surface area contributed by atoms with Crippen molar-refractivity contribution in [2.24, 2.45) is 11.5 Å². The number of halogens is 2. The second-order valence-corrected chi connectivity index (χ2v) is 5.05. The van der Waals surface area contributed by atoms with Crippen LogP contribution in [0.2, 0.25) is 0 Å². The molecule has 0 fully saturated rings. The van der Waals surface area contributed by atoms with Gasteiger partial charge < -0.3 is 17.2 Å². The van der Waals surface area contributed by atoms with E-state index in [1.165, 1.54) is 0 Å². The second-order valence-electron chi connectivity index (χ2n) is 3.28. The molecule has 78 valence electrons. The van der Waals surface area contributed by atoms with Crippen LogP contribution in [0.1, 0.15) is 18.5 Å². The number of anilines is 1. The highest BCUT2D eigenvalue weighted by Crippen LogP contribution is 2.31. The molecule has 0 bridgehead atoms. The number of nitrogen functional groups attached to an aromatic ring is 1. The fourth-order valence-electron chi connectivity index (χ4n) is 1.16. The zero-order valence-electron chi connectivity index (χ0n) is 7.80. The Morgan fingerprint density at radius 3 is 2.29 bits per heavy atom. The molecule has 5 heteroatoms. The van der Waals surface area contributed by atoms with E-state index in [2.05, 4.69) is 31.9 Å². The lowest BCUT2D eigenvalue weighted by Crippen LogP contribution is -2.31. The molecule has 14 heavy (non-hydrogen) atoms. The van der Waals surface area contributed by atoms with Gasteiger partial charge in [-0.15, -0.1) is 0 Å². The minimum Gasteiger partial charge on any atom is -0.398 e. The van der Waals surface area contributed by atoms with Crippen molar-refractivity contribution in [1.29, 1.82) is 0 Å². The monoisotopic (exact) mass is 321 g/mol. The molecule has 1 rings (SSSR count). The van der Waals surface area contributed by atoms with Crippen LogP contribution in [0, 0.1) is 0 Å². The smallest absolute Gasteiger partial charge is 0.0508 e. The average Bonchev–Trinajstić information content (AvgIpc) is 2.09. The topological polar surface area (TPSA) is 78.1 Å². The highest BCUT2D eigenvalue weighted by Gasteiger charge is 2.16. The van der Waals surface area contributed by atoms with Gasteiger partial charge in [-0.1, -0.05) is 15.9 Å². The summed E-state index contributed by atoms with van der Waals surface area (Å²) in [5.41, 5.74) is 19.1. The van der Waals surface area contributed by atoms with Crippen LogP contribution < -0.4 is 17.2 Å². The fourth-order valence-corrected chi connectivity index (χ4v) is 2.42. The molecule has 2 atom stereocenters. The highest BCUT2D eigenvalue weighted by molar-refractivity contribution is 9.11. The maximum atomic E-state index is 5.93. The van der Waals surface area contributed by atoms with Gasteiger partial charge in [0.25, 0.3) is 0 Å².